The highest BCUT2D eigenvalue weighted by Gasteiger charge is 2.36. The van der Waals surface area contributed by atoms with Gasteiger partial charge in [0.25, 0.3) is 5.89 Å². The lowest BCUT2D eigenvalue weighted by Crippen LogP contribution is -2.29. The predicted molar refractivity (Wildman–Crippen MR) is 83.3 cm³/mol. The maximum absolute atomic E-state index is 12.0. The topological polar surface area (TPSA) is 88.2 Å². The Morgan fingerprint density at radius 3 is 2.70 bits per heavy atom. The van der Waals surface area contributed by atoms with Gasteiger partial charge in [-0.3, -0.25) is 4.79 Å². The number of nitrogens with one attached hydrogen (secondary N) is 1. The zero-order chi connectivity index (χ0) is 16.1. The molecule has 0 spiro atoms. The highest BCUT2D eigenvalue weighted by molar-refractivity contribution is 5.77. The Balaban J connectivity index is 1.55. The third kappa shape index (κ3) is 3.96. The summed E-state index contributed by atoms with van der Waals surface area (Å²) in [4.78, 5) is 16.2. The van der Waals surface area contributed by atoms with Crippen LogP contribution in [0.5, 0.6) is 0 Å². The summed E-state index contributed by atoms with van der Waals surface area (Å²) in [5.74, 6) is 0.379. The summed E-state index contributed by atoms with van der Waals surface area (Å²) in [5, 5.41) is 17.2. The van der Waals surface area contributed by atoms with Gasteiger partial charge in [0.2, 0.25) is 5.91 Å². The Morgan fingerprint density at radius 1 is 1.22 bits per heavy atom. The van der Waals surface area contributed by atoms with Gasteiger partial charge in [-0.25, -0.2) is 0 Å². The summed E-state index contributed by atoms with van der Waals surface area (Å²) in [5.41, 5.74) is 0.00969. The smallest absolute Gasteiger partial charge is 0.258 e. The molecule has 122 valence electrons. The quantitative estimate of drug-likeness (QED) is 0.882. The van der Waals surface area contributed by atoms with Crippen molar-refractivity contribution in [1.82, 2.24) is 15.5 Å². The molecule has 2 N–H and O–H groups in total. The molecule has 23 heavy (non-hydrogen) atoms. The minimum absolute atomic E-state index is 0.0480. The molecular weight excluding hydrogens is 294 g/mol. The average molecular weight is 315 g/mol. The summed E-state index contributed by atoms with van der Waals surface area (Å²) in [6, 6.07) is 9.69. The lowest BCUT2D eigenvalue weighted by atomic mass is 9.85. The van der Waals surface area contributed by atoms with E-state index in [0.29, 0.717) is 25.2 Å². The molecule has 6 heteroatoms. The van der Waals surface area contributed by atoms with Crippen molar-refractivity contribution < 1.29 is 14.4 Å². The van der Waals surface area contributed by atoms with Gasteiger partial charge in [0.1, 0.15) is 5.60 Å². The normalized spacial score (nSPS) is 16.9. The van der Waals surface area contributed by atoms with Crippen LogP contribution in [0.2, 0.25) is 0 Å². The summed E-state index contributed by atoms with van der Waals surface area (Å²) in [6.07, 6.45) is 4.33. The molecule has 1 aliphatic rings. The Labute approximate surface area is 134 Å². The van der Waals surface area contributed by atoms with Crippen molar-refractivity contribution >= 4 is 5.91 Å². The molecule has 1 heterocycles. The van der Waals surface area contributed by atoms with Crippen LogP contribution in [0.15, 0.2) is 34.9 Å². The average Bonchev–Trinajstić information content (AvgIpc) is 3.04. The van der Waals surface area contributed by atoms with E-state index in [1.54, 1.807) is 0 Å². The molecule has 0 atom stereocenters. The molecule has 0 radical (unpaired) electrons. The molecule has 1 aliphatic carbocycles. The summed E-state index contributed by atoms with van der Waals surface area (Å²) in [7, 11) is 0. The van der Waals surface area contributed by atoms with Gasteiger partial charge in [-0.1, -0.05) is 54.8 Å². The first kappa shape index (κ1) is 15.7. The van der Waals surface area contributed by atoms with Crippen LogP contribution in [-0.4, -0.2) is 21.2 Å². The SMILES string of the molecule is O=C(Cc1noc(C2(O)CCCCC2)n1)NCc1ccccc1. The van der Waals surface area contributed by atoms with Crippen molar-refractivity contribution in [3.05, 3.63) is 47.6 Å². The number of nitrogens with zero attached hydrogens (tertiary/aromatic N) is 2. The predicted octanol–water partition coefficient (Wildman–Crippen LogP) is 2.08. The lowest BCUT2D eigenvalue weighted by molar-refractivity contribution is -0.120. The second-order valence-corrected chi connectivity index (χ2v) is 6.05. The Hall–Kier alpha value is -2.21. The Kier molecular flexibility index (Phi) is 4.71. The molecule has 1 amide bonds. The number of hydrogen-bond donors (Lipinski definition) is 2. The monoisotopic (exact) mass is 315 g/mol. The largest absolute Gasteiger partial charge is 0.380 e. The van der Waals surface area contributed by atoms with Crippen LogP contribution < -0.4 is 5.32 Å². The molecule has 0 bridgehead atoms. The van der Waals surface area contributed by atoms with E-state index >= 15 is 0 Å². The van der Waals surface area contributed by atoms with Crippen LogP contribution in [0.3, 0.4) is 0 Å². The highest BCUT2D eigenvalue weighted by Crippen LogP contribution is 2.35. The molecule has 0 unspecified atom stereocenters. The van der Waals surface area contributed by atoms with E-state index in [1.165, 1.54) is 0 Å². The fourth-order valence-electron chi connectivity index (χ4n) is 2.87. The lowest BCUT2D eigenvalue weighted by Gasteiger charge is -2.27. The van der Waals surface area contributed by atoms with Crippen molar-refractivity contribution in [3.63, 3.8) is 0 Å². The number of aliphatic hydroxyl groups is 1. The molecule has 3 rings (SSSR count). The molecule has 6 nitrogen and oxygen atoms in total. The highest BCUT2D eigenvalue weighted by atomic mass is 16.5. The van der Waals surface area contributed by atoms with Crippen LogP contribution in [-0.2, 0) is 23.4 Å². The molecule has 1 saturated carbocycles. The molecule has 1 fully saturated rings. The van der Waals surface area contributed by atoms with Crippen molar-refractivity contribution in [2.24, 2.45) is 0 Å². The molecule has 1 aromatic carbocycles. The maximum Gasteiger partial charge on any atom is 0.258 e. The Morgan fingerprint density at radius 2 is 1.96 bits per heavy atom. The first-order valence-electron chi connectivity index (χ1n) is 8.02. The fraction of sp³-hybridized carbons (Fsp3) is 0.471. The number of rotatable bonds is 5. The van der Waals surface area contributed by atoms with E-state index in [1.807, 2.05) is 30.3 Å². The van der Waals surface area contributed by atoms with Gasteiger partial charge < -0.3 is 14.9 Å². The maximum atomic E-state index is 12.0. The number of amides is 1. The number of hydrogen-bond acceptors (Lipinski definition) is 5. The van der Waals surface area contributed by atoms with E-state index in [2.05, 4.69) is 15.5 Å². The molecular formula is C17H21N3O3. The first-order chi connectivity index (χ1) is 11.2. The molecule has 0 aliphatic heterocycles. The molecule has 2 aromatic rings. The van der Waals surface area contributed by atoms with E-state index in [9.17, 15) is 9.90 Å². The van der Waals surface area contributed by atoms with Gasteiger partial charge in [-0.2, -0.15) is 4.98 Å². The zero-order valence-electron chi connectivity index (χ0n) is 13.0. The van der Waals surface area contributed by atoms with Crippen LogP contribution in [0.25, 0.3) is 0 Å². The Bertz CT molecular complexity index is 648. The van der Waals surface area contributed by atoms with Crippen molar-refractivity contribution in [2.45, 2.75) is 50.7 Å². The first-order valence-corrected chi connectivity index (χ1v) is 8.02. The fourth-order valence-corrected chi connectivity index (χ4v) is 2.87. The third-order valence-corrected chi connectivity index (χ3v) is 4.20. The van der Waals surface area contributed by atoms with E-state index < -0.39 is 5.60 Å². The van der Waals surface area contributed by atoms with Gasteiger partial charge in [0.05, 0.1) is 6.42 Å². The van der Waals surface area contributed by atoms with Gasteiger partial charge in [0.15, 0.2) is 5.82 Å². The van der Waals surface area contributed by atoms with E-state index in [0.717, 1.165) is 24.8 Å². The van der Waals surface area contributed by atoms with Crippen LogP contribution >= 0.6 is 0 Å². The van der Waals surface area contributed by atoms with E-state index in [4.69, 9.17) is 4.52 Å². The van der Waals surface area contributed by atoms with Crippen LogP contribution in [0.4, 0.5) is 0 Å². The second-order valence-electron chi connectivity index (χ2n) is 6.05. The summed E-state index contributed by atoms with van der Waals surface area (Å²) < 4.78 is 5.18. The van der Waals surface area contributed by atoms with E-state index in [-0.39, 0.29) is 18.2 Å². The minimum Gasteiger partial charge on any atom is -0.380 e. The van der Waals surface area contributed by atoms with Gasteiger partial charge in [-0.05, 0) is 18.4 Å². The minimum atomic E-state index is -1.02. The van der Waals surface area contributed by atoms with Crippen LogP contribution in [0, 0.1) is 0 Å². The molecule has 1 aromatic heterocycles. The van der Waals surface area contributed by atoms with Gasteiger partial charge in [-0.15, -0.1) is 0 Å². The summed E-state index contributed by atoms with van der Waals surface area (Å²) >= 11 is 0. The number of aromatic nitrogens is 2. The number of carbonyl (C=O) groups is 1. The third-order valence-electron chi connectivity index (χ3n) is 4.20. The van der Waals surface area contributed by atoms with Gasteiger partial charge in [0, 0.05) is 6.54 Å². The van der Waals surface area contributed by atoms with Gasteiger partial charge >= 0.3 is 0 Å². The number of benzene rings is 1. The van der Waals surface area contributed by atoms with Crippen molar-refractivity contribution in [2.75, 3.05) is 0 Å². The number of carbonyl (C=O) groups excluding carboxylic acids is 1. The van der Waals surface area contributed by atoms with Crippen molar-refractivity contribution in [1.29, 1.82) is 0 Å². The summed E-state index contributed by atoms with van der Waals surface area (Å²) in [6.45, 7) is 0.467. The van der Waals surface area contributed by atoms with Crippen LogP contribution in [0.1, 0.15) is 49.4 Å². The second kappa shape index (κ2) is 6.91. The zero-order valence-corrected chi connectivity index (χ0v) is 13.0. The standard InChI is InChI=1S/C17H21N3O3/c21-15(18-12-13-7-3-1-4-8-13)11-14-19-16(23-20-14)17(22)9-5-2-6-10-17/h1,3-4,7-8,22H,2,5-6,9-12H2,(H,18,21). The molecule has 0 saturated heterocycles. The van der Waals surface area contributed by atoms with Crippen molar-refractivity contribution in [3.8, 4) is 0 Å².